The van der Waals surface area contributed by atoms with Crippen LogP contribution >= 0.6 is 11.6 Å². The molecule has 0 bridgehead atoms. The number of aromatic nitrogens is 1. The van der Waals surface area contributed by atoms with Crippen LogP contribution in [0.2, 0.25) is 5.02 Å². The van der Waals surface area contributed by atoms with Crippen molar-refractivity contribution in [1.29, 1.82) is 0 Å². The van der Waals surface area contributed by atoms with Crippen molar-refractivity contribution in [2.24, 2.45) is 11.8 Å². The van der Waals surface area contributed by atoms with E-state index in [1.54, 1.807) is 6.07 Å². The van der Waals surface area contributed by atoms with Gasteiger partial charge in [-0.2, -0.15) is 0 Å². The lowest BCUT2D eigenvalue weighted by Gasteiger charge is -2.35. The van der Waals surface area contributed by atoms with Gasteiger partial charge < -0.3 is 25.3 Å². The minimum Gasteiger partial charge on any atom is -0.478 e. The molecular formula is C27H29ClN4O6. The number of aliphatic hydroxyl groups excluding tert-OH is 1. The van der Waals surface area contributed by atoms with E-state index < -0.39 is 18.1 Å². The first-order chi connectivity index (χ1) is 18.3. The monoisotopic (exact) mass is 540 g/mol. The fourth-order valence-electron chi connectivity index (χ4n) is 5.35. The van der Waals surface area contributed by atoms with Gasteiger partial charge in [0.25, 0.3) is 5.91 Å². The highest BCUT2D eigenvalue weighted by molar-refractivity contribution is 6.30. The molecule has 10 nitrogen and oxygen atoms in total. The van der Waals surface area contributed by atoms with Gasteiger partial charge in [-0.15, -0.1) is 0 Å². The Kier molecular flexibility index (Phi) is 7.64. The molecule has 1 unspecified atom stereocenters. The van der Waals surface area contributed by atoms with Crippen molar-refractivity contribution in [1.82, 2.24) is 9.88 Å². The minimum atomic E-state index is -1.14. The Bertz CT molecular complexity index is 1340. The molecule has 1 saturated carbocycles. The second-order valence-corrected chi connectivity index (χ2v) is 10.3. The molecule has 1 aliphatic heterocycles. The third kappa shape index (κ3) is 5.52. The van der Waals surface area contributed by atoms with Gasteiger partial charge in [0, 0.05) is 30.6 Å². The number of carbonyl (C=O) groups is 3. The fourth-order valence-corrected chi connectivity index (χ4v) is 5.46. The van der Waals surface area contributed by atoms with Gasteiger partial charge in [-0.3, -0.25) is 14.5 Å². The molecule has 4 N–H and O–H groups in total. The van der Waals surface area contributed by atoms with E-state index in [9.17, 15) is 24.6 Å². The maximum absolute atomic E-state index is 13.3. The smallest absolute Gasteiger partial charge is 0.335 e. The molecular weight excluding hydrogens is 512 g/mol. The number of hydrogen-bond acceptors (Lipinski definition) is 7. The quantitative estimate of drug-likeness (QED) is 0.340. The van der Waals surface area contributed by atoms with Gasteiger partial charge in [0.1, 0.15) is 23.3 Å². The minimum absolute atomic E-state index is 0.00321. The number of anilines is 2. The number of aliphatic hydroxyl groups is 1. The van der Waals surface area contributed by atoms with Crippen molar-refractivity contribution in [3.8, 4) is 0 Å². The summed E-state index contributed by atoms with van der Waals surface area (Å²) in [4.78, 5) is 44.2. The number of pyridine rings is 1. The SMILES string of the molecule is O=C(O)c1ccc2oc(C(=O)Nc3ccc(Cl)cn3)c(NC(=O)C3CCC(C(O)N4CCCC4)CC3)c2c1. The van der Waals surface area contributed by atoms with Gasteiger partial charge in [0.2, 0.25) is 11.7 Å². The van der Waals surface area contributed by atoms with Gasteiger partial charge >= 0.3 is 5.97 Å². The number of furan rings is 1. The Balaban J connectivity index is 1.35. The Hall–Kier alpha value is -3.47. The highest BCUT2D eigenvalue weighted by atomic mass is 35.5. The van der Waals surface area contributed by atoms with Crippen LogP contribution in [0.25, 0.3) is 11.0 Å². The van der Waals surface area contributed by atoms with E-state index in [1.807, 2.05) is 0 Å². The van der Waals surface area contributed by atoms with Crippen LogP contribution in [0.5, 0.6) is 0 Å². The third-order valence-electron chi connectivity index (χ3n) is 7.44. The van der Waals surface area contributed by atoms with Gasteiger partial charge in [-0.1, -0.05) is 11.6 Å². The summed E-state index contributed by atoms with van der Waals surface area (Å²) < 4.78 is 5.77. The molecule has 1 atom stereocenters. The van der Waals surface area contributed by atoms with Crippen LogP contribution in [0.1, 0.15) is 59.4 Å². The number of rotatable bonds is 7. The molecule has 2 aromatic heterocycles. The first-order valence-electron chi connectivity index (χ1n) is 12.8. The molecule has 2 fully saturated rings. The summed E-state index contributed by atoms with van der Waals surface area (Å²) in [6.45, 7) is 1.81. The molecule has 3 aromatic rings. The predicted molar refractivity (Wildman–Crippen MR) is 141 cm³/mol. The number of carboxylic acids is 1. The number of carbonyl (C=O) groups excluding carboxylic acids is 2. The van der Waals surface area contributed by atoms with E-state index in [0.717, 1.165) is 38.8 Å². The summed E-state index contributed by atoms with van der Waals surface area (Å²) in [5.74, 6) is -2.18. The van der Waals surface area contributed by atoms with Gasteiger partial charge in [-0.25, -0.2) is 9.78 Å². The summed E-state index contributed by atoms with van der Waals surface area (Å²) >= 11 is 5.87. The summed E-state index contributed by atoms with van der Waals surface area (Å²) in [5.41, 5.74) is 0.368. The van der Waals surface area contributed by atoms with Crippen molar-refractivity contribution >= 4 is 51.9 Å². The highest BCUT2D eigenvalue weighted by Gasteiger charge is 2.34. The molecule has 2 amide bonds. The first-order valence-corrected chi connectivity index (χ1v) is 13.1. The van der Waals surface area contributed by atoms with Crippen molar-refractivity contribution in [2.75, 3.05) is 23.7 Å². The molecule has 0 spiro atoms. The van der Waals surface area contributed by atoms with Crippen molar-refractivity contribution < 1.29 is 29.0 Å². The Morgan fingerprint density at radius 3 is 2.45 bits per heavy atom. The van der Waals surface area contributed by atoms with E-state index in [0.29, 0.717) is 23.3 Å². The molecule has 200 valence electrons. The zero-order valence-corrected chi connectivity index (χ0v) is 21.4. The average Bonchev–Trinajstić information content (AvgIpc) is 3.58. The lowest BCUT2D eigenvalue weighted by atomic mass is 9.80. The van der Waals surface area contributed by atoms with Crippen LogP contribution in [-0.4, -0.2) is 57.2 Å². The summed E-state index contributed by atoms with van der Waals surface area (Å²) in [5, 5.41) is 26.4. The predicted octanol–water partition coefficient (Wildman–Crippen LogP) is 4.59. The number of aromatic carboxylic acids is 1. The second kappa shape index (κ2) is 11.1. The number of halogens is 1. The first kappa shape index (κ1) is 26.1. The Morgan fingerprint density at radius 1 is 1.05 bits per heavy atom. The average molecular weight is 541 g/mol. The van der Waals surface area contributed by atoms with E-state index in [2.05, 4.69) is 20.5 Å². The standard InChI is InChI=1S/C27H29ClN4O6/c28-18-8-10-21(29-14-18)30-25(34)23-22(19-13-17(27(36)37)7-9-20(19)38-23)31-24(33)15-3-5-16(6-4-15)26(35)32-11-1-2-12-32/h7-10,13-16,26,35H,1-6,11-12H2,(H,31,33)(H,36,37)(H,29,30,34). The summed E-state index contributed by atoms with van der Waals surface area (Å²) in [6, 6.07) is 7.30. The second-order valence-electron chi connectivity index (χ2n) is 9.90. The topological polar surface area (TPSA) is 145 Å². The van der Waals surface area contributed by atoms with Crippen molar-refractivity contribution in [3.63, 3.8) is 0 Å². The summed E-state index contributed by atoms with van der Waals surface area (Å²) in [6.07, 6.45) is 5.75. The Morgan fingerprint density at radius 2 is 1.79 bits per heavy atom. The number of nitrogens with zero attached hydrogens (tertiary/aromatic N) is 2. The van der Waals surface area contributed by atoms with Gasteiger partial charge in [-0.05, 0) is 74.8 Å². The molecule has 1 aliphatic carbocycles. The van der Waals surface area contributed by atoms with Crippen LogP contribution in [0, 0.1) is 11.8 Å². The molecule has 11 heteroatoms. The number of fused-ring (bicyclic) bond motifs is 1. The molecule has 38 heavy (non-hydrogen) atoms. The zero-order chi connectivity index (χ0) is 26.8. The summed E-state index contributed by atoms with van der Waals surface area (Å²) in [7, 11) is 0. The van der Waals surface area contributed by atoms with Crippen molar-refractivity contribution in [2.45, 2.75) is 44.8 Å². The largest absolute Gasteiger partial charge is 0.478 e. The number of nitrogens with one attached hydrogen (secondary N) is 2. The maximum Gasteiger partial charge on any atom is 0.335 e. The van der Waals surface area contributed by atoms with Crippen LogP contribution in [0.3, 0.4) is 0 Å². The molecule has 1 saturated heterocycles. The number of hydrogen-bond donors (Lipinski definition) is 4. The van der Waals surface area contributed by atoms with E-state index in [-0.39, 0.29) is 46.2 Å². The number of likely N-dealkylation sites (tertiary alicyclic amines) is 1. The van der Waals surface area contributed by atoms with Gasteiger partial charge in [0.05, 0.1) is 10.6 Å². The van der Waals surface area contributed by atoms with E-state index in [1.165, 1.54) is 30.5 Å². The molecule has 3 heterocycles. The zero-order valence-electron chi connectivity index (χ0n) is 20.7. The van der Waals surface area contributed by atoms with E-state index in [4.69, 9.17) is 16.0 Å². The molecule has 2 aliphatic rings. The normalized spacial score (nSPS) is 20.8. The molecule has 1 aromatic carbocycles. The number of carboxylic acid groups (broad SMARTS) is 1. The van der Waals surface area contributed by atoms with Crippen LogP contribution in [-0.2, 0) is 4.79 Å². The van der Waals surface area contributed by atoms with Crippen LogP contribution < -0.4 is 10.6 Å². The fraction of sp³-hybridized carbons (Fsp3) is 0.407. The molecule has 5 rings (SSSR count). The van der Waals surface area contributed by atoms with Crippen molar-refractivity contribution in [3.05, 3.63) is 52.9 Å². The Labute approximate surface area is 224 Å². The molecule has 0 radical (unpaired) electrons. The van der Waals surface area contributed by atoms with Gasteiger partial charge in [0.15, 0.2) is 0 Å². The third-order valence-corrected chi connectivity index (χ3v) is 7.66. The lowest BCUT2D eigenvalue weighted by molar-refractivity contribution is -0.122. The van der Waals surface area contributed by atoms with Crippen LogP contribution in [0.4, 0.5) is 11.5 Å². The number of amides is 2. The lowest BCUT2D eigenvalue weighted by Crippen LogP contribution is -2.41. The van der Waals surface area contributed by atoms with Crippen LogP contribution in [0.15, 0.2) is 40.9 Å². The number of benzene rings is 1. The van der Waals surface area contributed by atoms with E-state index >= 15 is 0 Å². The highest BCUT2D eigenvalue weighted by Crippen LogP contribution is 2.36. The maximum atomic E-state index is 13.3.